The van der Waals surface area contributed by atoms with Gasteiger partial charge in [-0.15, -0.1) is 0 Å². The van der Waals surface area contributed by atoms with Gasteiger partial charge in [-0.05, 0) is 41.2 Å². The number of alkyl halides is 2. The number of Topliss-reactive ketones (excluding diaryl/α,β-unsaturated/α-hetero) is 1. The molecule has 1 heterocycles. The van der Waals surface area contributed by atoms with Crippen LogP contribution in [0.25, 0.3) is 10.9 Å². The minimum absolute atomic E-state index is 0.0374. The number of ketones is 1. The molecule has 0 aliphatic carbocycles. The zero-order chi connectivity index (χ0) is 16.9. The van der Waals surface area contributed by atoms with Crippen LogP contribution in [-0.2, 0) is 0 Å². The number of halogens is 3. The quantitative estimate of drug-likeness (QED) is 0.489. The number of rotatable bonds is 4. The lowest BCUT2D eigenvalue weighted by molar-refractivity contribution is -0.0502. The molecule has 0 unspecified atom stereocenters. The number of carbonyl (C=O) groups excluding carboxylic acids is 1. The highest BCUT2D eigenvalue weighted by Crippen LogP contribution is 2.32. The maximum Gasteiger partial charge on any atom is 0.387 e. The Morgan fingerprint density at radius 2 is 2.09 bits per heavy atom. The molecule has 8 heteroatoms. The highest BCUT2D eigenvalue weighted by Gasteiger charge is 2.15. The lowest BCUT2D eigenvalue weighted by Gasteiger charge is -2.06. The summed E-state index contributed by atoms with van der Waals surface area (Å²) in [5.41, 5.74) is 5.00. The zero-order valence-corrected chi connectivity index (χ0v) is 13.1. The van der Waals surface area contributed by atoms with Gasteiger partial charge in [0.2, 0.25) is 5.78 Å². The second kappa shape index (κ2) is 7.68. The number of nitrogens with one attached hydrogen (secondary N) is 1. The van der Waals surface area contributed by atoms with Gasteiger partial charge in [0.05, 0.1) is 15.7 Å². The number of H-pyrrole nitrogens is 1. The second-order valence-corrected chi connectivity index (χ2v) is 4.71. The molecule has 0 saturated heterocycles. The number of nitrogens with two attached hydrogens (primary N) is 1. The maximum atomic E-state index is 12.2. The van der Waals surface area contributed by atoms with Crippen LogP contribution in [0, 0.1) is 11.3 Å². The Morgan fingerprint density at radius 3 is 2.64 bits per heavy atom. The summed E-state index contributed by atoms with van der Waals surface area (Å²) in [6, 6.07) is 5.99. The monoisotopic (exact) mass is 371 g/mol. The minimum atomic E-state index is -2.94. The Kier molecular flexibility index (Phi) is 6.22. The van der Waals surface area contributed by atoms with Crippen molar-refractivity contribution in [3.8, 4) is 11.8 Å². The number of nitrogens with zero attached hydrogens (tertiary/aromatic N) is 1. The van der Waals surface area contributed by atoms with E-state index in [4.69, 9.17) is 5.26 Å². The molecular weight excluding hydrogens is 360 g/mol. The number of nitriles is 1. The smallest absolute Gasteiger partial charge is 0.387 e. The Bertz CT molecular complexity index is 750. The number of ether oxygens (including phenoxy) is 1. The first-order chi connectivity index (χ1) is 10.4. The number of hydrogen-bond acceptors (Lipinski definition) is 4. The predicted octanol–water partition coefficient (Wildman–Crippen LogP) is 3.37. The fourth-order valence-electron chi connectivity index (χ4n) is 1.66. The molecule has 0 saturated carbocycles. The number of aromatic nitrogens is 1. The molecule has 116 valence electrons. The highest BCUT2D eigenvalue weighted by atomic mass is 79.9. The second-order valence-electron chi connectivity index (χ2n) is 3.85. The lowest BCUT2D eigenvalue weighted by atomic mass is 10.1. The molecule has 2 rings (SSSR count). The van der Waals surface area contributed by atoms with Gasteiger partial charge in [0.1, 0.15) is 11.8 Å². The zero-order valence-electron chi connectivity index (χ0n) is 11.5. The van der Waals surface area contributed by atoms with Crippen molar-refractivity contribution < 1.29 is 18.3 Å². The number of allylic oxidation sites excluding steroid dienone is 1. The van der Waals surface area contributed by atoms with Crippen molar-refractivity contribution in [2.45, 2.75) is 6.61 Å². The van der Waals surface area contributed by atoms with E-state index < -0.39 is 12.4 Å². The van der Waals surface area contributed by atoms with E-state index in [1.165, 1.54) is 25.2 Å². The van der Waals surface area contributed by atoms with Crippen molar-refractivity contribution in [2.24, 2.45) is 5.73 Å². The van der Waals surface area contributed by atoms with Gasteiger partial charge in [-0.2, -0.15) is 14.0 Å². The van der Waals surface area contributed by atoms with Gasteiger partial charge in [-0.1, -0.05) is 6.58 Å². The summed E-state index contributed by atoms with van der Waals surface area (Å²) < 4.78 is 29.1. The van der Waals surface area contributed by atoms with Gasteiger partial charge in [0.15, 0.2) is 0 Å². The molecule has 0 fully saturated rings. The van der Waals surface area contributed by atoms with Gasteiger partial charge < -0.3 is 15.5 Å². The van der Waals surface area contributed by atoms with E-state index in [0.717, 1.165) is 0 Å². The van der Waals surface area contributed by atoms with Crippen LogP contribution in [-0.4, -0.2) is 24.4 Å². The van der Waals surface area contributed by atoms with Crippen molar-refractivity contribution in [1.82, 2.24) is 4.98 Å². The number of fused-ring (bicyclic) bond motifs is 1. The molecule has 1 aromatic carbocycles. The molecule has 0 aliphatic heterocycles. The van der Waals surface area contributed by atoms with Crippen molar-refractivity contribution >= 4 is 32.6 Å². The van der Waals surface area contributed by atoms with Crippen LogP contribution in [0.5, 0.6) is 5.75 Å². The molecule has 0 bridgehead atoms. The van der Waals surface area contributed by atoms with Crippen molar-refractivity contribution in [3.63, 3.8) is 0 Å². The summed E-state index contributed by atoms with van der Waals surface area (Å²) in [6.45, 7) is 0.388. The Balaban J connectivity index is 0.00000116. The summed E-state index contributed by atoms with van der Waals surface area (Å²) in [5, 5.41) is 9.15. The van der Waals surface area contributed by atoms with Gasteiger partial charge in [-0.25, -0.2) is 0 Å². The molecule has 2 aromatic rings. The van der Waals surface area contributed by atoms with Gasteiger partial charge >= 0.3 is 6.61 Å². The standard InChI is InChI=1S/C13H7BrF2N2O2.CH5N/c1-6(5-17)12(19)10-2-7-3-11(20-13(15)16)8(14)4-9(7)18-10;1-2/h2-4,13,18H,1H2;2H2,1H3. The largest absolute Gasteiger partial charge is 0.434 e. The number of carbonyl (C=O) groups is 1. The topological polar surface area (TPSA) is 91.9 Å². The maximum absolute atomic E-state index is 12.2. The molecule has 0 spiro atoms. The molecule has 0 aliphatic rings. The molecule has 3 N–H and O–H groups in total. The molecule has 1 aromatic heterocycles. The van der Waals surface area contributed by atoms with E-state index in [0.29, 0.717) is 15.4 Å². The van der Waals surface area contributed by atoms with E-state index in [-0.39, 0.29) is 17.0 Å². The fourth-order valence-corrected chi connectivity index (χ4v) is 2.09. The van der Waals surface area contributed by atoms with Gasteiger partial charge in [0.25, 0.3) is 0 Å². The molecule has 0 atom stereocenters. The van der Waals surface area contributed by atoms with Crippen LogP contribution in [0.1, 0.15) is 10.5 Å². The van der Waals surface area contributed by atoms with Crippen molar-refractivity contribution in [3.05, 3.63) is 40.5 Å². The van der Waals surface area contributed by atoms with Crippen molar-refractivity contribution in [1.29, 1.82) is 5.26 Å². The van der Waals surface area contributed by atoms with E-state index in [2.05, 4.69) is 38.0 Å². The van der Waals surface area contributed by atoms with Crippen LogP contribution in [0.15, 0.2) is 34.8 Å². The van der Waals surface area contributed by atoms with Crippen LogP contribution >= 0.6 is 15.9 Å². The number of aromatic amines is 1. The molecule has 22 heavy (non-hydrogen) atoms. The highest BCUT2D eigenvalue weighted by molar-refractivity contribution is 9.10. The first-order valence-corrected chi connectivity index (χ1v) is 6.70. The van der Waals surface area contributed by atoms with E-state index in [1.54, 1.807) is 6.07 Å². The predicted molar refractivity (Wildman–Crippen MR) is 81.8 cm³/mol. The summed E-state index contributed by atoms with van der Waals surface area (Å²) >= 11 is 3.10. The third-order valence-corrected chi connectivity index (χ3v) is 3.16. The number of hydrogen-bond donors (Lipinski definition) is 2. The first-order valence-electron chi connectivity index (χ1n) is 5.91. The Labute approximate surface area is 133 Å². The number of benzene rings is 1. The third kappa shape index (κ3) is 3.90. The van der Waals surface area contributed by atoms with Crippen LogP contribution in [0.2, 0.25) is 0 Å². The normalized spacial score (nSPS) is 9.86. The first kappa shape index (κ1) is 17.8. The molecular formula is C14H12BrF2N3O2. The van der Waals surface area contributed by atoms with Crippen LogP contribution in [0.4, 0.5) is 8.78 Å². The Hall–Kier alpha value is -2.24. The lowest BCUT2D eigenvalue weighted by Crippen LogP contribution is -2.02. The Morgan fingerprint density at radius 1 is 1.45 bits per heavy atom. The van der Waals surface area contributed by atoms with Crippen LogP contribution < -0.4 is 10.5 Å². The fraction of sp³-hybridized carbons (Fsp3) is 0.143. The van der Waals surface area contributed by atoms with Gasteiger partial charge in [-0.3, -0.25) is 4.79 Å². The summed E-state index contributed by atoms with van der Waals surface area (Å²) in [6.07, 6.45) is 0. The van der Waals surface area contributed by atoms with Crippen LogP contribution in [0.3, 0.4) is 0 Å². The average Bonchev–Trinajstić information content (AvgIpc) is 2.90. The SMILES string of the molecule is C=C(C#N)C(=O)c1cc2cc(OC(F)F)c(Br)cc2[nH]1.CN. The minimum Gasteiger partial charge on any atom is -0.434 e. The third-order valence-electron chi connectivity index (χ3n) is 2.54. The molecule has 5 nitrogen and oxygen atoms in total. The van der Waals surface area contributed by atoms with Crippen molar-refractivity contribution in [2.75, 3.05) is 7.05 Å². The van der Waals surface area contributed by atoms with Gasteiger partial charge in [0, 0.05) is 10.9 Å². The molecule has 0 amide bonds. The van der Waals surface area contributed by atoms with E-state index in [1.807, 2.05) is 0 Å². The summed E-state index contributed by atoms with van der Waals surface area (Å²) in [5.74, 6) is -0.583. The molecule has 0 radical (unpaired) electrons. The van der Waals surface area contributed by atoms with E-state index >= 15 is 0 Å². The van der Waals surface area contributed by atoms with E-state index in [9.17, 15) is 13.6 Å². The average molecular weight is 372 g/mol. The summed E-state index contributed by atoms with van der Waals surface area (Å²) in [4.78, 5) is 14.6. The summed E-state index contributed by atoms with van der Waals surface area (Å²) in [7, 11) is 1.50.